The first-order valence-corrected chi connectivity index (χ1v) is 9.87. The van der Waals surface area contributed by atoms with Crippen LogP contribution < -0.4 is 9.64 Å². The van der Waals surface area contributed by atoms with Crippen molar-refractivity contribution in [3.05, 3.63) is 67.5 Å². The molecule has 1 saturated heterocycles. The first-order chi connectivity index (χ1) is 12.9. The second kappa shape index (κ2) is 8.20. The smallest absolute Gasteiger partial charge is 0.270 e. The predicted molar refractivity (Wildman–Crippen MR) is 114 cm³/mol. The highest BCUT2D eigenvalue weighted by Gasteiger charge is 2.33. The van der Waals surface area contributed by atoms with Crippen molar-refractivity contribution < 1.29 is 14.5 Å². The molecule has 0 unspecified atom stereocenters. The van der Waals surface area contributed by atoms with Crippen LogP contribution in [0.3, 0.4) is 0 Å². The molecule has 1 aliphatic rings. The number of thioether (sulfide) groups is 1. The molecule has 6 nitrogen and oxygen atoms in total. The Hall–Kier alpha value is -2.23. The van der Waals surface area contributed by atoms with E-state index in [1.165, 1.54) is 40.9 Å². The van der Waals surface area contributed by atoms with Crippen LogP contribution in [0.1, 0.15) is 12.5 Å². The second-order valence-corrected chi connectivity index (χ2v) is 7.94. The Labute approximate surface area is 173 Å². The highest BCUT2D eigenvalue weighted by Crippen LogP contribution is 2.37. The summed E-state index contributed by atoms with van der Waals surface area (Å²) in [5, 5.41) is 10.8. The first-order valence-electron chi connectivity index (χ1n) is 7.85. The number of non-ortho nitro benzene ring substituents is 1. The molecule has 2 aromatic rings. The molecule has 138 valence electrons. The molecule has 2 aromatic carbocycles. The Morgan fingerprint density at radius 3 is 2.59 bits per heavy atom. The average Bonchev–Trinajstić information content (AvgIpc) is 2.91. The van der Waals surface area contributed by atoms with Crippen molar-refractivity contribution in [2.75, 3.05) is 11.5 Å². The van der Waals surface area contributed by atoms with E-state index < -0.39 is 4.92 Å². The van der Waals surface area contributed by atoms with E-state index in [2.05, 4.69) is 15.9 Å². The molecule has 1 fully saturated rings. The van der Waals surface area contributed by atoms with Gasteiger partial charge in [0.15, 0.2) is 4.32 Å². The lowest BCUT2D eigenvalue weighted by molar-refractivity contribution is -0.384. The maximum absolute atomic E-state index is 12.8. The summed E-state index contributed by atoms with van der Waals surface area (Å²) in [5.74, 6) is 0.469. The molecular weight excluding hydrogens is 452 g/mol. The lowest BCUT2D eigenvalue weighted by atomic mass is 10.2. The van der Waals surface area contributed by atoms with E-state index in [4.69, 9.17) is 17.0 Å². The normalized spacial score (nSPS) is 15.5. The van der Waals surface area contributed by atoms with Crippen LogP contribution in [0, 0.1) is 10.1 Å². The van der Waals surface area contributed by atoms with E-state index in [-0.39, 0.29) is 11.6 Å². The van der Waals surface area contributed by atoms with Crippen LogP contribution in [-0.2, 0) is 4.79 Å². The van der Waals surface area contributed by atoms with E-state index >= 15 is 0 Å². The van der Waals surface area contributed by atoms with E-state index in [1.54, 1.807) is 6.08 Å². The van der Waals surface area contributed by atoms with Crippen molar-refractivity contribution >= 4 is 67.6 Å². The molecule has 0 atom stereocenters. The van der Waals surface area contributed by atoms with Crippen LogP contribution in [0.4, 0.5) is 11.4 Å². The van der Waals surface area contributed by atoms with Crippen molar-refractivity contribution in [3.8, 4) is 5.75 Å². The van der Waals surface area contributed by atoms with Gasteiger partial charge in [-0.1, -0.05) is 30.0 Å². The van der Waals surface area contributed by atoms with Crippen LogP contribution in [0.2, 0.25) is 0 Å². The van der Waals surface area contributed by atoms with Crippen LogP contribution in [0.15, 0.2) is 51.8 Å². The van der Waals surface area contributed by atoms with Crippen LogP contribution >= 0.6 is 39.9 Å². The number of carbonyl (C=O) groups excluding carboxylic acids is 1. The van der Waals surface area contributed by atoms with Gasteiger partial charge >= 0.3 is 0 Å². The third-order valence-electron chi connectivity index (χ3n) is 3.67. The van der Waals surface area contributed by atoms with Crippen molar-refractivity contribution in [2.45, 2.75) is 6.92 Å². The molecule has 0 N–H and O–H groups in total. The molecule has 1 aliphatic heterocycles. The summed E-state index contributed by atoms with van der Waals surface area (Å²) < 4.78 is 6.66. The Bertz CT molecular complexity index is 960. The Morgan fingerprint density at radius 1 is 1.30 bits per heavy atom. The molecule has 0 saturated carbocycles. The number of ether oxygens (including phenoxy) is 1. The van der Waals surface area contributed by atoms with Gasteiger partial charge in [-0.2, -0.15) is 0 Å². The topological polar surface area (TPSA) is 72.7 Å². The quantitative estimate of drug-likeness (QED) is 0.263. The number of hydrogen-bond donors (Lipinski definition) is 0. The standard InChI is InChI=1S/C18H13BrN2O4S2/c1-2-25-15-8-3-11(9-14(15)19)10-16-17(22)20(18(26)27-16)12-4-6-13(7-5-12)21(23)24/h3-10H,2H2,1H3/b16-10+. The van der Waals surface area contributed by atoms with Crippen LogP contribution in [0.5, 0.6) is 5.75 Å². The summed E-state index contributed by atoms with van der Waals surface area (Å²) in [6.45, 7) is 2.47. The van der Waals surface area contributed by atoms with Gasteiger partial charge < -0.3 is 4.74 Å². The third kappa shape index (κ3) is 4.20. The molecule has 0 radical (unpaired) electrons. The molecule has 0 bridgehead atoms. The fourth-order valence-corrected chi connectivity index (χ4v) is 4.25. The molecule has 27 heavy (non-hydrogen) atoms. The van der Waals surface area contributed by atoms with Gasteiger partial charge in [0.2, 0.25) is 0 Å². The number of rotatable bonds is 5. The number of hydrogen-bond acceptors (Lipinski definition) is 6. The number of nitrogens with zero attached hydrogens (tertiary/aromatic N) is 2. The van der Waals surface area contributed by atoms with E-state index in [0.29, 0.717) is 21.5 Å². The SMILES string of the molecule is CCOc1ccc(/C=C2/SC(=S)N(c3ccc([N+](=O)[O-])cc3)C2=O)cc1Br. The van der Waals surface area contributed by atoms with Gasteiger partial charge in [0, 0.05) is 12.1 Å². The zero-order chi connectivity index (χ0) is 19.6. The highest BCUT2D eigenvalue weighted by molar-refractivity contribution is 9.10. The Balaban J connectivity index is 1.86. The molecule has 0 aromatic heterocycles. The monoisotopic (exact) mass is 464 g/mol. The Morgan fingerprint density at radius 2 is 2.00 bits per heavy atom. The van der Waals surface area contributed by atoms with Crippen LogP contribution in [0.25, 0.3) is 6.08 Å². The molecule has 3 rings (SSSR count). The maximum atomic E-state index is 12.8. The molecule has 9 heteroatoms. The number of nitro benzene ring substituents is 1. The van der Waals surface area contributed by atoms with Gasteiger partial charge in [-0.3, -0.25) is 19.8 Å². The van der Waals surface area contributed by atoms with Crippen molar-refractivity contribution in [1.82, 2.24) is 0 Å². The first kappa shape index (κ1) is 19.5. The number of anilines is 1. The highest BCUT2D eigenvalue weighted by atomic mass is 79.9. The summed E-state index contributed by atoms with van der Waals surface area (Å²) in [6, 6.07) is 11.3. The van der Waals surface area contributed by atoms with Gasteiger partial charge in [-0.25, -0.2) is 0 Å². The van der Waals surface area contributed by atoms with E-state index in [0.717, 1.165) is 15.8 Å². The molecule has 1 heterocycles. The summed E-state index contributed by atoms with van der Waals surface area (Å²) in [6.07, 6.45) is 1.76. The molecular formula is C18H13BrN2O4S2. The number of nitro groups is 1. The number of carbonyl (C=O) groups is 1. The third-order valence-corrected chi connectivity index (χ3v) is 5.59. The van der Waals surface area contributed by atoms with Crippen molar-refractivity contribution in [2.24, 2.45) is 0 Å². The van der Waals surface area contributed by atoms with Gasteiger partial charge in [0.05, 0.1) is 26.6 Å². The second-order valence-electron chi connectivity index (χ2n) is 5.41. The zero-order valence-corrected chi connectivity index (χ0v) is 17.3. The zero-order valence-electron chi connectivity index (χ0n) is 14.0. The fourth-order valence-electron chi connectivity index (χ4n) is 2.44. The molecule has 0 aliphatic carbocycles. The van der Waals surface area contributed by atoms with Crippen LogP contribution in [-0.4, -0.2) is 21.8 Å². The maximum Gasteiger partial charge on any atom is 0.270 e. The number of amides is 1. The van der Waals surface area contributed by atoms with Gasteiger partial charge in [0.25, 0.3) is 11.6 Å². The molecule has 0 spiro atoms. The predicted octanol–water partition coefficient (Wildman–Crippen LogP) is 5.16. The van der Waals surface area contributed by atoms with E-state index in [9.17, 15) is 14.9 Å². The summed E-state index contributed by atoms with van der Waals surface area (Å²) in [5.41, 5.74) is 1.29. The number of halogens is 1. The summed E-state index contributed by atoms with van der Waals surface area (Å²) in [7, 11) is 0. The summed E-state index contributed by atoms with van der Waals surface area (Å²) >= 11 is 9.97. The van der Waals surface area contributed by atoms with Crippen molar-refractivity contribution in [1.29, 1.82) is 0 Å². The lowest BCUT2D eigenvalue weighted by Gasteiger charge is -2.13. The van der Waals surface area contributed by atoms with E-state index in [1.807, 2.05) is 25.1 Å². The average molecular weight is 465 g/mol. The lowest BCUT2D eigenvalue weighted by Crippen LogP contribution is -2.27. The fraction of sp³-hybridized carbons (Fsp3) is 0.111. The minimum Gasteiger partial charge on any atom is -0.493 e. The van der Waals surface area contributed by atoms with Crippen molar-refractivity contribution in [3.63, 3.8) is 0 Å². The van der Waals surface area contributed by atoms with Gasteiger partial charge in [-0.15, -0.1) is 0 Å². The molecule has 1 amide bonds. The number of thiocarbonyl (C=S) groups is 1. The van der Waals surface area contributed by atoms with Gasteiger partial charge in [0.1, 0.15) is 5.75 Å². The Kier molecular flexibility index (Phi) is 5.93. The minimum absolute atomic E-state index is 0.0426. The number of benzene rings is 2. The van der Waals surface area contributed by atoms with Gasteiger partial charge in [-0.05, 0) is 58.8 Å². The largest absolute Gasteiger partial charge is 0.493 e. The minimum atomic E-state index is -0.488. The summed E-state index contributed by atoms with van der Waals surface area (Å²) in [4.78, 5) is 24.9.